The van der Waals surface area contributed by atoms with Crippen molar-refractivity contribution in [3.8, 4) is 0 Å². The summed E-state index contributed by atoms with van der Waals surface area (Å²) < 4.78 is 5.33. The van der Waals surface area contributed by atoms with Gasteiger partial charge < -0.3 is 9.73 Å². The van der Waals surface area contributed by atoms with Crippen LogP contribution < -0.4 is 10.6 Å². The van der Waals surface area contributed by atoms with Gasteiger partial charge >= 0.3 is 6.01 Å². The Labute approximate surface area is 93.1 Å². The summed E-state index contributed by atoms with van der Waals surface area (Å²) in [5.41, 5.74) is 0. The molecule has 86 valence electrons. The first-order valence-corrected chi connectivity index (χ1v) is 5.27. The molecule has 0 saturated carbocycles. The zero-order valence-electron chi connectivity index (χ0n) is 8.90. The summed E-state index contributed by atoms with van der Waals surface area (Å²) in [5.74, 6) is 0.330. The number of nitrogens with one attached hydrogen (secondary N) is 2. The van der Waals surface area contributed by atoms with Gasteiger partial charge in [0.2, 0.25) is 11.8 Å². The van der Waals surface area contributed by atoms with E-state index in [1.54, 1.807) is 0 Å². The molecule has 16 heavy (non-hydrogen) atoms. The zero-order chi connectivity index (χ0) is 11.4. The first-order valence-electron chi connectivity index (χ1n) is 5.27. The molecule has 1 saturated heterocycles. The molecule has 1 amide bonds. The summed E-state index contributed by atoms with van der Waals surface area (Å²) in [7, 11) is 0. The Morgan fingerprint density at radius 3 is 3.25 bits per heavy atom. The predicted octanol–water partition coefficient (Wildman–Crippen LogP) is 1.01. The van der Waals surface area contributed by atoms with Crippen molar-refractivity contribution in [2.45, 2.75) is 25.3 Å². The number of nitrogens with zero attached hydrogens (tertiary/aromatic N) is 2. The number of hydrogen-bond donors (Lipinski definition) is 2. The third-order valence-corrected chi connectivity index (χ3v) is 2.38. The molecule has 1 aliphatic heterocycles. The quantitative estimate of drug-likeness (QED) is 0.743. The fraction of sp³-hybridized carbons (Fsp3) is 0.500. The predicted molar refractivity (Wildman–Crippen MR) is 57.7 cm³/mol. The van der Waals surface area contributed by atoms with Crippen molar-refractivity contribution in [3.63, 3.8) is 0 Å². The summed E-state index contributed by atoms with van der Waals surface area (Å²) in [6.07, 6.45) is 3.85. The van der Waals surface area contributed by atoms with E-state index in [0.29, 0.717) is 5.89 Å². The van der Waals surface area contributed by atoms with Crippen LogP contribution in [0.4, 0.5) is 6.01 Å². The molecule has 2 N–H and O–H groups in total. The van der Waals surface area contributed by atoms with Gasteiger partial charge in [-0.15, -0.1) is 11.7 Å². The summed E-state index contributed by atoms with van der Waals surface area (Å²) >= 11 is 0. The monoisotopic (exact) mass is 222 g/mol. The van der Waals surface area contributed by atoms with Gasteiger partial charge in [0.05, 0.1) is 6.04 Å². The molecule has 1 aromatic heterocycles. The van der Waals surface area contributed by atoms with Crippen molar-refractivity contribution in [2.75, 3.05) is 11.9 Å². The topological polar surface area (TPSA) is 80.0 Å². The van der Waals surface area contributed by atoms with Crippen molar-refractivity contribution in [2.24, 2.45) is 0 Å². The molecule has 1 atom stereocenters. The maximum atomic E-state index is 11.2. The second-order valence-electron chi connectivity index (χ2n) is 3.64. The van der Waals surface area contributed by atoms with Crippen molar-refractivity contribution in [1.29, 1.82) is 0 Å². The lowest BCUT2D eigenvalue weighted by atomic mass is 10.2. The van der Waals surface area contributed by atoms with E-state index in [4.69, 9.17) is 4.42 Å². The molecule has 2 rings (SSSR count). The van der Waals surface area contributed by atoms with E-state index >= 15 is 0 Å². The molecule has 1 aliphatic rings. The summed E-state index contributed by atoms with van der Waals surface area (Å²) in [6, 6.07) is 0.271. The van der Waals surface area contributed by atoms with Crippen LogP contribution >= 0.6 is 0 Å². The largest absolute Gasteiger partial charge is 0.406 e. The third kappa shape index (κ3) is 2.46. The van der Waals surface area contributed by atoms with E-state index in [1.807, 2.05) is 0 Å². The summed E-state index contributed by atoms with van der Waals surface area (Å²) in [4.78, 5) is 11.2. The van der Waals surface area contributed by atoms with Gasteiger partial charge in [0.15, 0.2) is 0 Å². The van der Waals surface area contributed by atoms with Crippen LogP contribution in [0.1, 0.15) is 31.2 Å². The maximum Gasteiger partial charge on any atom is 0.322 e. The Morgan fingerprint density at radius 1 is 1.69 bits per heavy atom. The van der Waals surface area contributed by atoms with Crippen LogP contribution in [0.25, 0.3) is 0 Å². The first-order chi connectivity index (χ1) is 7.79. The lowest BCUT2D eigenvalue weighted by molar-refractivity contribution is -0.115. The molecule has 1 aromatic rings. The third-order valence-electron chi connectivity index (χ3n) is 2.38. The molecule has 0 bridgehead atoms. The van der Waals surface area contributed by atoms with Gasteiger partial charge in [0, 0.05) is 6.42 Å². The van der Waals surface area contributed by atoms with Gasteiger partial charge in [-0.25, -0.2) is 0 Å². The Kier molecular flexibility index (Phi) is 3.31. The highest BCUT2D eigenvalue weighted by Gasteiger charge is 2.22. The van der Waals surface area contributed by atoms with Crippen molar-refractivity contribution < 1.29 is 9.21 Å². The fourth-order valence-electron chi connectivity index (χ4n) is 1.62. The standard InChI is InChI=1S/C10H14N4O2/c1-2-4-8(15)12-10-14-13-9(16-10)7-5-3-6-11-7/h2,7,11H,1,3-6H2,(H,12,14,15). The summed E-state index contributed by atoms with van der Waals surface area (Å²) in [6.45, 7) is 4.44. The molecular weight excluding hydrogens is 208 g/mol. The van der Waals surface area contributed by atoms with E-state index in [9.17, 15) is 4.79 Å². The Morgan fingerprint density at radius 2 is 2.56 bits per heavy atom. The number of rotatable bonds is 4. The second-order valence-corrected chi connectivity index (χ2v) is 3.64. The highest BCUT2D eigenvalue weighted by Crippen LogP contribution is 2.22. The molecule has 0 aliphatic carbocycles. The minimum absolute atomic E-state index is 0.123. The molecule has 1 fully saturated rings. The van der Waals surface area contributed by atoms with Crippen molar-refractivity contribution >= 4 is 11.9 Å². The van der Waals surface area contributed by atoms with Crippen LogP contribution in [0.5, 0.6) is 0 Å². The number of aromatic nitrogens is 2. The molecular formula is C10H14N4O2. The first kappa shape index (κ1) is 10.8. The molecule has 0 spiro atoms. The van der Waals surface area contributed by atoms with E-state index in [0.717, 1.165) is 19.4 Å². The second kappa shape index (κ2) is 4.89. The highest BCUT2D eigenvalue weighted by molar-refractivity contribution is 5.89. The minimum Gasteiger partial charge on any atom is -0.406 e. The minimum atomic E-state index is -0.204. The van der Waals surface area contributed by atoms with E-state index in [2.05, 4.69) is 27.4 Å². The molecule has 6 nitrogen and oxygen atoms in total. The number of carbonyl (C=O) groups is 1. The highest BCUT2D eigenvalue weighted by atomic mass is 16.4. The number of anilines is 1. The average molecular weight is 222 g/mol. The van der Waals surface area contributed by atoms with E-state index < -0.39 is 0 Å². The Bertz CT molecular complexity index is 382. The van der Waals surface area contributed by atoms with Crippen molar-refractivity contribution in [3.05, 3.63) is 18.5 Å². The smallest absolute Gasteiger partial charge is 0.322 e. The van der Waals surface area contributed by atoms with E-state index in [-0.39, 0.29) is 24.4 Å². The van der Waals surface area contributed by atoms with Crippen molar-refractivity contribution in [1.82, 2.24) is 15.5 Å². The fourth-order valence-corrected chi connectivity index (χ4v) is 1.62. The van der Waals surface area contributed by atoms with Gasteiger partial charge in [-0.2, -0.15) is 0 Å². The van der Waals surface area contributed by atoms with Crippen LogP contribution in [-0.2, 0) is 4.79 Å². The molecule has 0 aromatic carbocycles. The molecule has 0 radical (unpaired) electrons. The van der Waals surface area contributed by atoms with Crippen LogP contribution in [0.2, 0.25) is 0 Å². The Hall–Kier alpha value is -1.69. The van der Waals surface area contributed by atoms with Gasteiger partial charge in [-0.3, -0.25) is 10.1 Å². The van der Waals surface area contributed by atoms with Crippen LogP contribution in [0.3, 0.4) is 0 Å². The normalized spacial score (nSPS) is 19.6. The van der Waals surface area contributed by atoms with Crippen LogP contribution in [0.15, 0.2) is 17.1 Å². The average Bonchev–Trinajstić information content (AvgIpc) is 2.86. The van der Waals surface area contributed by atoms with Gasteiger partial charge in [-0.1, -0.05) is 11.2 Å². The number of hydrogen-bond acceptors (Lipinski definition) is 5. The maximum absolute atomic E-state index is 11.2. The lowest BCUT2D eigenvalue weighted by Gasteiger charge is -2.02. The van der Waals surface area contributed by atoms with Gasteiger partial charge in [0.1, 0.15) is 0 Å². The molecule has 2 heterocycles. The van der Waals surface area contributed by atoms with Gasteiger partial charge in [-0.05, 0) is 19.4 Å². The van der Waals surface area contributed by atoms with Crippen LogP contribution in [0, 0.1) is 0 Å². The SMILES string of the molecule is C=CCC(=O)Nc1nnc(C2CCCN2)o1. The Balaban J connectivity index is 1.96. The summed E-state index contributed by atoms with van der Waals surface area (Å²) in [5, 5.41) is 13.4. The molecule has 1 unspecified atom stereocenters. The lowest BCUT2D eigenvalue weighted by Crippen LogP contribution is -2.13. The molecule has 6 heteroatoms. The van der Waals surface area contributed by atoms with Gasteiger partial charge in [0.25, 0.3) is 0 Å². The zero-order valence-corrected chi connectivity index (χ0v) is 8.90. The number of carbonyl (C=O) groups excluding carboxylic acids is 1. The van der Waals surface area contributed by atoms with Crippen LogP contribution in [-0.4, -0.2) is 22.6 Å². The van der Waals surface area contributed by atoms with E-state index in [1.165, 1.54) is 6.08 Å². The number of amides is 1.